The molecule has 1 aromatic heterocycles. The van der Waals surface area contributed by atoms with Crippen molar-refractivity contribution in [3.8, 4) is 0 Å². The van der Waals surface area contributed by atoms with Crippen molar-refractivity contribution in [2.75, 3.05) is 24.6 Å². The summed E-state index contributed by atoms with van der Waals surface area (Å²) in [4.78, 5) is 20.3. The van der Waals surface area contributed by atoms with Crippen LogP contribution in [0.25, 0.3) is 0 Å². The number of nitrogens with zero attached hydrogens (tertiary/aromatic N) is 3. The summed E-state index contributed by atoms with van der Waals surface area (Å²) in [5.41, 5.74) is -0.702. The highest BCUT2D eigenvalue weighted by molar-refractivity contribution is 5.78. The number of halogens is 3. The molecule has 4 atom stereocenters. The van der Waals surface area contributed by atoms with Crippen molar-refractivity contribution in [1.82, 2.24) is 9.88 Å². The van der Waals surface area contributed by atoms with Crippen LogP contribution in [0.5, 0.6) is 0 Å². The van der Waals surface area contributed by atoms with Gasteiger partial charge in [-0.15, -0.1) is 0 Å². The van der Waals surface area contributed by atoms with Gasteiger partial charge in [-0.25, -0.2) is 4.98 Å². The first kappa shape index (κ1) is 17.6. The number of alkyl halides is 3. The van der Waals surface area contributed by atoms with Crippen LogP contribution in [0.15, 0.2) is 18.3 Å². The minimum Gasteiger partial charge on any atom is -0.394 e. The Labute approximate surface area is 149 Å². The molecule has 1 N–H and O–H groups in total. The van der Waals surface area contributed by atoms with Crippen LogP contribution in [-0.4, -0.2) is 52.7 Å². The Hall–Kier alpha value is -1.83. The largest absolute Gasteiger partial charge is 0.416 e. The summed E-state index contributed by atoms with van der Waals surface area (Å²) in [6, 6.07) is 1.89. The maximum atomic E-state index is 13.0. The van der Waals surface area contributed by atoms with E-state index in [9.17, 15) is 23.1 Å². The summed E-state index contributed by atoms with van der Waals surface area (Å²) >= 11 is 0. The van der Waals surface area contributed by atoms with Gasteiger partial charge in [-0.1, -0.05) is 0 Å². The van der Waals surface area contributed by atoms with Crippen LogP contribution in [0.2, 0.25) is 0 Å². The predicted molar refractivity (Wildman–Crippen MR) is 88.4 cm³/mol. The van der Waals surface area contributed by atoms with Gasteiger partial charge in [-0.05, 0) is 43.2 Å². The molecule has 0 spiro atoms. The molecule has 0 aliphatic carbocycles. The Kier molecular flexibility index (Phi) is 4.33. The summed E-state index contributed by atoms with van der Waals surface area (Å²) in [5.74, 6) is 0.674. The van der Waals surface area contributed by atoms with Gasteiger partial charge in [0.15, 0.2) is 0 Å². The maximum Gasteiger partial charge on any atom is 0.416 e. The van der Waals surface area contributed by atoms with Crippen LogP contribution in [-0.2, 0) is 11.0 Å². The summed E-state index contributed by atoms with van der Waals surface area (Å²) in [5, 5.41) is 9.89. The number of amides is 1. The molecule has 3 aliphatic rings. The Bertz CT molecular complexity index is 683. The minimum atomic E-state index is -4.40. The van der Waals surface area contributed by atoms with Crippen molar-refractivity contribution < 1.29 is 23.1 Å². The van der Waals surface area contributed by atoms with Crippen molar-refractivity contribution in [2.45, 2.75) is 43.9 Å². The van der Waals surface area contributed by atoms with Crippen LogP contribution in [0.3, 0.4) is 0 Å². The Morgan fingerprint density at radius 3 is 2.77 bits per heavy atom. The number of carbonyl (C=O) groups is 1. The number of fused-ring (bicyclic) bond motifs is 4. The summed E-state index contributed by atoms with van der Waals surface area (Å²) in [6.45, 7) is 0.993. The third kappa shape index (κ3) is 2.94. The highest BCUT2D eigenvalue weighted by Gasteiger charge is 2.49. The van der Waals surface area contributed by atoms with E-state index < -0.39 is 11.7 Å². The normalized spacial score (nSPS) is 31.8. The van der Waals surface area contributed by atoms with E-state index in [-0.39, 0.29) is 36.4 Å². The standard InChI is InChI=1S/C18H22F3N3O2/c19-18(20,21)13-4-5-22-16(7-13)23-8-11-6-12(9-23)15(10-25)24-14(11)2-1-3-17(24)26/h4-5,7,11-12,14-15,25H,1-3,6,8-10H2/t11-,12+,14+,15+/m1/s1. The fourth-order valence-corrected chi connectivity index (χ4v) is 4.96. The molecule has 4 rings (SSSR count). The predicted octanol–water partition coefficient (Wildman–Crippen LogP) is 2.30. The van der Waals surface area contributed by atoms with Crippen molar-refractivity contribution in [3.05, 3.63) is 23.9 Å². The van der Waals surface area contributed by atoms with E-state index in [0.29, 0.717) is 25.3 Å². The average molecular weight is 369 g/mol. The molecular formula is C18H22F3N3O2. The Morgan fingerprint density at radius 1 is 1.27 bits per heavy atom. The van der Waals surface area contributed by atoms with Gasteiger partial charge in [-0.2, -0.15) is 13.2 Å². The molecule has 0 radical (unpaired) electrons. The number of hydrogen-bond acceptors (Lipinski definition) is 4. The molecule has 26 heavy (non-hydrogen) atoms. The lowest BCUT2D eigenvalue weighted by Crippen LogP contribution is -2.66. The van der Waals surface area contributed by atoms with Gasteiger partial charge in [0.25, 0.3) is 0 Å². The first-order valence-electron chi connectivity index (χ1n) is 9.08. The first-order chi connectivity index (χ1) is 12.4. The summed E-state index contributed by atoms with van der Waals surface area (Å²) in [6.07, 6.45) is -0.0584. The molecule has 8 heteroatoms. The van der Waals surface area contributed by atoms with E-state index in [1.54, 1.807) is 0 Å². The van der Waals surface area contributed by atoms with Crippen molar-refractivity contribution in [3.63, 3.8) is 0 Å². The molecule has 1 amide bonds. The third-order valence-corrected chi connectivity index (χ3v) is 6.08. The van der Waals surface area contributed by atoms with E-state index in [4.69, 9.17) is 0 Å². The quantitative estimate of drug-likeness (QED) is 0.869. The average Bonchev–Trinajstić information content (AvgIpc) is 2.62. The van der Waals surface area contributed by atoms with E-state index in [1.165, 1.54) is 6.20 Å². The fraction of sp³-hybridized carbons (Fsp3) is 0.667. The molecule has 5 nitrogen and oxygen atoms in total. The molecule has 0 unspecified atom stereocenters. The van der Waals surface area contributed by atoms with Gasteiger partial charge in [0.05, 0.1) is 18.2 Å². The number of carbonyl (C=O) groups excluding carboxylic acids is 1. The second-order valence-electron chi connectivity index (χ2n) is 7.57. The van der Waals surface area contributed by atoms with Crippen molar-refractivity contribution in [1.29, 1.82) is 0 Å². The second-order valence-corrected chi connectivity index (χ2v) is 7.57. The second kappa shape index (κ2) is 6.40. The van der Waals surface area contributed by atoms with Gasteiger partial charge < -0.3 is 14.9 Å². The number of aliphatic hydroxyl groups excluding tert-OH is 1. The molecule has 0 aromatic carbocycles. The first-order valence-corrected chi connectivity index (χ1v) is 9.08. The van der Waals surface area contributed by atoms with Crippen LogP contribution < -0.4 is 4.90 Å². The van der Waals surface area contributed by atoms with Gasteiger partial charge in [-0.3, -0.25) is 4.79 Å². The lowest BCUT2D eigenvalue weighted by atomic mass is 9.72. The van der Waals surface area contributed by atoms with Crippen LogP contribution in [0.1, 0.15) is 31.2 Å². The number of anilines is 1. The van der Waals surface area contributed by atoms with E-state index in [0.717, 1.165) is 31.4 Å². The summed E-state index contributed by atoms with van der Waals surface area (Å²) < 4.78 is 39.1. The highest BCUT2D eigenvalue weighted by atomic mass is 19.4. The van der Waals surface area contributed by atoms with E-state index in [1.807, 2.05) is 9.80 Å². The van der Waals surface area contributed by atoms with Crippen LogP contribution in [0, 0.1) is 11.8 Å². The Balaban J connectivity index is 1.62. The molecule has 3 aliphatic heterocycles. The van der Waals surface area contributed by atoms with Crippen molar-refractivity contribution >= 4 is 11.7 Å². The number of hydrogen-bond donors (Lipinski definition) is 1. The van der Waals surface area contributed by atoms with Crippen LogP contribution in [0.4, 0.5) is 19.0 Å². The molecule has 2 bridgehead atoms. The smallest absolute Gasteiger partial charge is 0.394 e. The van der Waals surface area contributed by atoms with Crippen molar-refractivity contribution in [2.24, 2.45) is 11.8 Å². The molecular weight excluding hydrogens is 347 g/mol. The molecule has 0 saturated carbocycles. The monoisotopic (exact) mass is 369 g/mol. The summed E-state index contributed by atoms with van der Waals surface area (Å²) in [7, 11) is 0. The SMILES string of the molecule is O=C1CCC[C@H]2[C@@H]3C[C@@H](CN(c4cc(C(F)(F)F)ccn4)C3)[C@H](CO)N12. The van der Waals surface area contributed by atoms with Gasteiger partial charge in [0.2, 0.25) is 5.91 Å². The van der Waals surface area contributed by atoms with E-state index >= 15 is 0 Å². The minimum absolute atomic E-state index is 0.0494. The lowest BCUT2D eigenvalue weighted by Gasteiger charge is -2.56. The fourth-order valence-electron chi connectivity index (χ4n) is 4.96. The van der Waals surface area contributed by atoms with E-state index in [2.05, 4.69) is 4.98 Å². The zero-order valence-corrected chi connectivity index (χ0v) is 14.3. The Morgan fingerprint density at radius 2 is 2.04 bits per heavy atom. The number of piperidine rings is 3. The van der Waals surface area contributed by atoms with Gasteiger partial charge in [0.1, 0.15) is 5.82 Å². The zero-order chi connectivity index (χ0) is 18.5. The number of pyridine rings is 1. The zero-order valence-electron chi connectivity index (χ0n) is 14.3. The third-order valence-electron chi connectivity index (χ3n) is 6.08. The lowest BCUT2D eigenvalue weighted by molar-refractivity contribution is -0.151. The topological polar surface area (TPSA) is 56.7 Å². The molecule has 3 saturated heterocycles. The number of rotatable bonds is 2. The maximum absolute atomic E-state index is 13.0. The number of aromatic nitrogens is 1. The number of aliphatic hydroxyl groups is 1. The van der Waals surface area contributed by atoms with Gasteiger partial charge in [0, 0.05) is 31.7 Å². The highest BCUT2D eigenvalue weighted by Crippen LogP contribution is 2.42. The molecule has 1 aromatic rings. The molecule has 3 fully saturated rings. The van der Waals surface area contributed by atoms with Gasteiger partial charge >= 0.3 is 6.18 Å². The van der Waals surface area contributed by atoms with Crippen LogP contribution >= 0.6 is 0 Å². The molecule has 4 heterocycles. The molecule has 142 valence electrons.